The summed E-state index contributed by atoms with van der Waals surface area (Å²) < 4.78 is 2.96. The lowest BCUT2D eigenvalue weighted by molar-refractivity contribution is 0.771. The monoisotopic (exact) mass is 265 g/mol. The van der Waals surface area contributed by atoms with Crippen molar-refractivity contribution in [2.24, 2.45) is 0 Å². The van der Waals surface area contributed by atoms with Crippen LogP contribution in [0.15, 0.2) is 35.1 Å². The van der Waals surface area contributed by atoms with Gasteiger partial charge in [0.25, 0.3) is 0 Å². The highest BCUT2D eigenvalue weighted by atomic mass is 79.9. The van der Waals surface area contributed by atoms with E-state index < -0.39 is 0 Å². The molecule has 78 valence electrons. The minimum absolute atomic E-state index is 0.718. The summed E-state index contributed by atoms with van der Waals surface area (Å²) in [7, 11) is 0. The normalized spacial score (nSPS) is 10.5. The Bertz CT molecular complexity index is 476. The van der Waals surface area contributed by atoms with Gasteiger partial charge in [0, 0.05) is 16.6 Å². The number of nitrogens with zero attached hydrogens (tertiary/aromatic N) is 2. The minimum atomic E-state index is 0.718. The van der Waals surface area contributed by atoms with Gasteiger partial charge in [-0.05, 0) is 19.1 Å². The number of aromatic nitrogens is 2. The molecule has 3 nitrogen and oxygen atoms in total. The molecular weight excluding hydrogens is 254 g/mol. The van der Waals surface area contributed by atoms with Crippen molar-refractivity contribution in [3.8, 4) is 11.3 Å². The van der Waals surface area contributed by atoms with Crippen molar-refractivity contribution in [2.45, 2.75) is 13.5 Å². The van der Waals surface area contributed by atoms with E-state index in [0.717, 1.165) is 28.1 Å². The number of hydrogen-bond acceptors (Lipinski definition) is 2. The Morgan fingerprint density at radius 3 is 2.87 bits per heavy atom. The molecule has 0 saturated carbocycles. The first-order chi connectivity index (χ1) is 7.22. The van der Waals surface area contributed by atoms with Gasteiger partial charge in [-0.3, -0.25) is 0 Å². The van der Waals surface area contributed by atoms with Gasteiger partial charge in [0.2, 0.25) is 0 Å². The van der Waals surface area contributed by atoms with Crippen LogP contribution in [0.1, 0.15) is 6.92 Å². The predicted octanol–water partition coefficient (Wildman–Crippen LogP) is 2.91. The highest BCUT2D eigenvalue weighted by Gasteiger charge is 2.08. The SMILES string of the molecule is CCn1cnc(-c2cccc(Br)c2)c1N. The number of imidazole rings is 1. The Labute approximate surface area is 97.1 Å². The Balaban J connectivity index is 2.49. The van der Waals surface area contributed by atoms with E-state index >= 15 is 0 Å². The first kappa shape index (κ1) is 10.2. The molecule has 0 aliphatic heterocycles. The molecule has 0 bridgehead atoms. The number of halogens is 1. The molecule has 0 amide bonds. The smallest absolute Gasteiger partial charge is 0.131 e. The average molecular weight is 266 g/mol. The molecule has 0 radical (unpaired) electrons. The van der Waals surface area contributed by atoms with Crippen LogP contribution >= 0.6 is 15.9 Å². The van der Waals surface area contributed by atoms with Crippen LogP contribution in [-0.4, -0.2) is 9.55 Å². The summed E-state index contributed by atoms with van der Waals surface area (Å²) in [5, 5.41) is 0. The number of hydrogen-bond donors (Lipinski definition) is 1. The lowest BCUT2D eigenvalue weighted by Crippen LogP contribution is -1.99. The summed E-state index contributed by atoms with van der Waals surface area (Å²) in [5.74, 6) is 0.718. The molecule has 0 spiro atoms. The van der Waals surface area contributed by atoms with Crippen molar-refractivity contribution in [2.75, 3.05) is 5.73 Å². The van der Waals surface area contributed by atoms with E-state index in [1.54, 1.807) is 6.33 Å². The van der Waals surface area contributed by atoms with Gasteiger partial charge in [-0.15, -0.1) is 0 Å². The number of nitrogen functional groups attached to an aromatic ring is 1. The first-order valence-corrected chi connectivity index (χ1v) is 5.58. The molecule has 0 aliphatic rings. The number of anilines is 1. The standard InChI is InChI=1S/C11H12BrN3/c1-2-15-7-14-10(11(15)13)8-4-3-5-9(12)6-8/h3-7H,2,13H2,1H3. The molecule has 0 fully saturated rings. The fourth-order valence-electron chi connectivity index (χ4n) is 1.50. The molecule has 1 aromatic carbocycles. The topological polar surface area (TPSA) is 43.8 Å². The number of nitrogens with two attached hydrogens (primary N) is 1. The third kappa shape index (κ3) is 1.90. The van der Waals surface area contributed by atoms with E-state index in [1.165, 1.54) is 0 Å². The summed E-state index contributed by atoms with van der Waals surface area (Å²) in [6.07, 6.45) is 1.77. The second-order valence-corrected chi connectivity index (χ2v) is 4.19. The molecule has 2 rings (SSSR count). The van der Waals surface area contributed by atoms with Crippen molar-refractivity contribution in [1.82, 2.24) is 9.55 Å². The van der Waals surface area contributed by atoms with Gasteiger partial charge in [-0.25, -0.2) is 4.98 Å². The molecule has 4 heteroatoms. The Morgan fingerprint density at radius 1 is 1.47 bits per heavy atom. The molecular formula is C11H12BrN3. The van der Waals surface area contributed by atoms with Crippen molar-refractivity contribution in [1.29, 1.82) is 0 Å². The zero-order chi connectivity index (χ0) is 10.8. The number of benzene rings is 1. The summed E-state index contributed by atoms with van der Waals surface area (Å²) in [4.78, 5) is 4.32. The third-order valence-corrected chi connectivity index (χ3v) is 2.81. The lowest BCUT2D eigenvalue weighted by Gasteiger charge is -2.02. The van der Waals surface area contributed by atoms with Gasteiger partial charge in [0.15, 0.2) is 0 Å². The molecule has 0 atom stereocenters. The second-order valence-electron chi connectivity index (χ2n) is 3.27. The Hall–Kier alpha value is -1.29. The Morgan fingerprint density at radius 2 is 2.27 bits per heavy atom. The average Bonchev–Trinajstić information content (AvgIpc) is 2.59. The van der Waals surface area contributed by atoms with Crippen LogP contribution in [-0.2, 0) is 6.54 Å². The van der Waals surface area contributed by atoms with E-state index in [2.05, 4.69) is 20.9 Å². The zero-order valence-corrected chi connectivity index (χ0v) is 10.0. The quantitative estimate of drug-likeness (QED) is 0.908. The zero-order valence-electron chi connectivity index (χ0n) is 8.44. The van der Waals surface area contributed by atoms with Crippen LogP contribution in [0.3, 0.4) is 0 Å². The van der Waals surface area contributed by atoms with Gasteiger partial charge in [0.05, 0.1) is 6.33 Å². The van der Waals surface area contributed by atoms with Crippen molar-refractivity contribution in [3.05, 3.63) is 35.1 Å². The fourth-order valence-corrected chi connectivity index (χ4v) is 1.90. The number of aryl methyl sites for hydroxylation is 1. The summed E-state index contributed by atoms with van der Waals surface area (Å²) in [6.45, 7) is 2.88. The maximum Gasteiger partial charge on any atom is 0.131 e. The van der Waals surface area contributed by atoms with Crippen LogP contribution < -0.4 is 5.73 Å². The van der Waals surface area contributed by atoms with Crippen molar-refractivity contribution >= 4 is 21.7 Å². The first-order valence-electron chi connectivity index (χ1n) is 4.79. The van der Waals surface area contributed by atoms with E-state index in [1.807, 2.05) is 35.8 Å². The molecule has 2 aromatic rings. The molecule has 15 heavy (non-hydrogen) atoms. The summed E-state index contributed by atoms with van der Waals surface area (Å²) in [6, 6.07) is 7.97. The molecule has 1 aromatic heterocycles. The predicted molar refractivity (Wildman–Crippen MR) is 65.4 cm³/mol. The summed E-state index contributed by atoms with van der Waals surface area (Å²) in [5.41, 5.74) is 7.86. The van der Waals surface area contributed by atoms with Crippen molar-refractivity contribution in [3.63, 3.8) is 0 Å². The molecule has 0 unspecified atom stereocenters. The van der Waals surface area contributed by atoms with Crippen LogP contribution in [0, 0.1) is 0 Å². The lowest BCUT2D eigenvalue weighted by atomic mass is 10.1. The summed E-state index contributed by atoms with van der Waals surface area (Å²) >= 11 is 3.43. The highest BCUT2D eigenvalue weighted by Crippen LogP contribution is 2.26. The number of rotatable bonds is 2. The van der Waals surface area contributed by atoms with Gasteiger partial charge in [-0.1, -0.05) is 28.1 Å². The largest absolute Gasteiger partial charge is 0.383 e. The van der Waals surface area contributed by atoms with E-state index in [0.29, 0.717) is 0 Å². The maximum atomic E-state index is 5.98. The van der Waals surface area contributed by atoms with Gasteiger partial charge >= 0.3 is 0 Å². The molecule has 0 saturated heterocycles. The Kier molecular flexibility index (Phi) is 2.77. The van der Waals surface area contributed by atoms with Crippen LogP contribution in [0.4, 0.5) is 5.82 Å². The van der Waals surface area contributed by atoms with Crippen LogP contribution in [0.25, 0.3) is 11.3 Å². The molecule has 2 N–H and O–H groups in total. The fraction of sp³-hybridized carbons (Fsp3) is 0.182. The van der Waals surface area contributed by atoms with Crippen molar-refractivity contribution < 1.29 is 0 Å². The third-order valence-electron chi connectivity index (χ3n) is 2.32. The van der Waals surface area contributed by atoms with E-state index in [9.17, 15) is 0 Å². The molecule has 0 aliphatic carbocycles. The molecule has 1 heterocycles. The maximum absolute atomic E-state index is 5.98. The van der Waals surface area contributed by atoms with Gasteiger partial charge in [-0.2, -0.15) is 0 Å². The van der Waals surface area contributed by atoms with Crippen LogP contribution in [0.5, 0.6) is 0 Å². The van der Waals surface area contributed by atoms with Crippen LogP contribution in [0.2, 0.25) is 0 Å². The van der Waals surface area contributed by atoms with E-state index in [-0.39, 0.29) is 0 Å². The van der Waals surface area contributed by atoms with Gasteiger partial charge in [0.1, 0.15) is 11.5 Å². The van der Waals surface area contributed by atoms with Gasteiger partial charge < -0.3 is 10.3 Å². The van der Waals surface area contributed by atoms with E-state index in [4.69, 9.17) is 5.73 Å². The highest BCUT2D eigenvalue weighted by molar-refractivity contribution is 9.10. The second kappa shape index (κ2) is 4.06. The minimum Gasteiger partial charge on any atom is -0.383 e.